The highest BCUT2D eigenvalue weighted by Crippen LogP contribution is 2.33. The number of benzene rings is 1. The number of hydrogen-bond donors (Lipinski definition) is 3. The topological polar surface area (TPSA) is 122 Å². The molecular weight excluding hydrogens is 404 g/mol. The van der Waals surface area contributed by atoms with Crippen molar-refractivity contribution in [2.75, 3.05) is 19.0 Å². The predicted octanol–water partition coefficient (Wildman–Crippen LogP) is 3.31. The molecule has 1 aromatic rings. The number of aromatic amines is 1. The van der Waals surface area contributed by atoms with Crippen LogP contribution in [0.2, 0.25) is 0 Å². The van der Waals surface area contributed by atoms with Gasteiger partial charge in [-0.1, -0.05) is 32.1 Å². The van der Waals surface area contributed by atoms with E-state index in [9.17, 15) is 8.42 Å². The van der Waals surface area contributed by atoms with E-state index in [2.05, 4.69) is 30.0 Å². The molecule has 0 amide bonds. The maximum Gasteiger partial charge on any atom is 0.240 e. The quantitative estimate of drug-likeness (QED) is 0.501. The largest absolute Gasteiger partial charge is 0.491 e. The first-order chi connectivity index (χ1) is 14.6. The Hall–Kier alpha value is -2.72. The molecule has 0 spiro atoms. The Balaban J connectivity index is 1.58. The van der Waals surface area contributed by atoms with Crippen molar-refractivity contribution in [1.82, 2.24) is 24.7 Å². The van der Waals surface area contributed by atoms with Gasteiger partial charge >= 0.3 is 0 Å². The Kier molecular flexibility index (Phi) is 6.14. The van der Waals surface area contributed by atoms with Crippen molar-refractivity contribution in [2.24, 2.45) is 5.92 Å². The van der Waals surface area contributed by atoms with E-state index in [1.807, 2.05) is 0 Å². The average Bonchev–Trinajstić information content (AvgIpc) is 3.25. The lowest BCUT2D eigenvalue weighted by Gasteiger charge is -2.22. The van der Waals surface area contributed by atoms with Gasteiger partial charge in [0.25, 0.3) is 0 Å². The van der Waals surface area contributed by atoms with E-state index in [4.69, 9.17) is 4.74 Å². The van der Waals surface area contributed by atoms with Crippen molar-refractivity contribution in [3.63, 3.8) is 0 Å². The summed E-state index contributed by atoms with van der Waals surface area (Å²) in [5.74, 6) is 2.34. The molecule has 0 radical (unpaired) electrons. The number of aromatic nitrogens is 4. The molecule has 4 rings (SSSR count). The predicted molar refractivity (Wildman–Crippen MR) is 113 cm³/mol. The van der Waals surface area contributed by atoms with E-state index in [0.29, 0.717) is 41.3 Å². The highest BCUT2D eigenvalue weighted by Gasteiger charge is 2.19. The summed E-state index contributed by atoms with van der Waals surface area (Å²) in [7, 11) is -2.21. The van der Waals surface area contributed by atoms with Gasteiger partial charge in [-0.2, -0.15) is 0 Å². The molecule has 3 aliphatic rings. The van der Waals surface area contributed by atoms with E-state index in [1.54, 1.807) is 18.2 Å². The van der Waals surface area contributed by atoms with Gasteiger partial charge in [-0.15, -0.1) is 0 Å². The molecule has 2 heterocycles. The standard InChI is InChI=1S/C20H26N6O3S/c1-21-30(27,28)15-7-8-17(29-10-9-14-5-3-2-4-6-14)16(11-15)26-20-18-19(23-12-22-18)24-13-25-20/h7-8,11-14,21H,2-6,9-10H2,1H3,(H2,22,23,24,25,26). The highest BCUT2D eigenvalue weighted by atomic mass is 32.2. The van der Waals surface area contributed by atoms with Crippen molar-refractivity contribution in [1.29, 1.82) is 0 Å². The molecule has 2 aliphatic heterocycles. The molecule has 1 aromatic carbocycles. The molecule has 1 fully saturated rings. The third-order valence-corrected chi connectivity index (χ3v) is 6.92. The Bertz CT molecular complexity index is 1060. The van der Waals surface area contributed by atoms with Crippen molar-refractivity contribution < 1.29 is 13.2 Å². The zero-order chi connectivity index (χ0) is 21.0. The Morgan fingerprint density at radius 3 is 2.80 bits per heavy atom. The summed E-state index contributed by atoms with van der Waals surface area (Å²) in [6, 6.07) is 4.78. The SMILES string of the molecule is CNS(=O)(=O)c1ccc(OCCC2CCCCC2)c(Nc2[nH]cnc3ncnc2-3)c1. The van der Waals surface area contributed by atoms with Gasteiger partial charge < -0.3 is 15.0 Å². The Morgan fingerprint density at radius 2 is 2.00 bits per heavy atom. The number of nitrogens with zero attached hydrogens (tertiary/aromatic N) is 3. The number of rotatable bonds is 8. The number of H-pyrrole nitrogens is 1. The molecule has 1 aliphatic carbocycles. The van der Waals surface area contributed by atoms with Crippen LogP contribution in [0.5, 0.6) is 5.75 Å². The summed E-state index contributed by atoms with van der Waals surface area (Å²) in [6.45, 7) is 0.586. The van der Waals surface area contributed by atoms with Crippen LogP contribution in [-0.2, 0) is 10.0 Å². The molecule has 0 atom stereocenters. The summed E-state index contributed by atoms with van der Waals surface area (Å²) in [4.78, 5) is 15.6. The van der Waals surface area contributed by atoms with Crippen LogP contribution >= 0.6 is 0 Å². The van der Waals surface area contributed by atoms with E-state index in [0.717, 1.165) is 6.42 Å². The second-order valence-corrected chi connectivity index (χ2v) is 9.34. The lowest BCUT2D eigenvalue weighted by Crippen LogP contribution is -2.18. The smallest absolute Gasteiger partial charge is 0.240 e. The van der Waals surface area contributed by atoms with Gasteiger partial charge in [-0.3, -0.25) is 0 Å². The van der Waals surface area contributed by atoms with Gasteiger partial charge in [0.15, 0.2) is 11.5 Å². The summed E-state index contributed by atoms with van der Waals surface area (Å²) in [5, 5.41) is 3.21. The molecule has 0 aromatic heterocycles. The van der Waals surface area contributed by atoms with Crippen molar-refractivity contribution in [2.45, 2.75) is 43.4 Å². The number of fused-ring (bicyclic) bond motifs is 1. The number of ether oxygens (including phenoxy) is 1. The van der Waals surface area contributed by atoms with E-state index < -0.39 is 10.0 Å². The minimum atomic E-state index is -3.60. The van der Waals surface area contributed by atoms with Crippen LogP contribution in [0.3, 0.4) is 0 Å². The zero-order valence-corrected chi connectivity index (χ0v) is 17.7. The summed E-state index contributed by atoms with van der Waals surface area (Å²) >= 11 is 0. The first-order valence-electron chi connectivity index (χ1n) is 10.2. The van der Waals surface area contributed by atoms with Gasteiger partial charge in [0.05, 0.1) is 23.5 Å². The average molecular weight is 431 g/mol. The number of nitrogens with one attached hydrogen (secondary N) is 3. The summed E-state index contributed by atoms with van der Waals surface area (Å²) in [6.07, 6.45) is 10.4. The Labute approximate surface area is 176 Å². The molecule has 160 valence electrons. The van der Waals surface area contributed by atoms with Crippen LogP contribution < -0.4 is 14.8 Å². The minimum Gasteiger partial charge on any atom is -0.491 e. The minimum absolute atomic E-state index is 0.144. The molecule has 0 saturated heterocycles. The van der Waals surface area contributed by atoms with Crippen LogP contribution in [0.4, 0.5) is 11.5 Å². The van der Waals surface area contributed by atoms with Crippen LogP contribution in [-0.4, -0.2) is 42.0 Å². The second-order valence-electron chi connectivity index (χ2n) is 7.46. The van der Waals surface area contributed by atoms with E-state index in [-0.39, 0.29) is 4.90 Å². The van der Waals surface area contributed by atoms with Gasteiger partial charge in [0.2, 0.25) is 10.0 Å². The first kappa shape index (κ1) is 20.5. The van der Waals surface area contributed by atoms with Crippen LogP contribution in [0.1, 0.15) is 38.5 Å². The number of imidazole rings is 1. The highest BCUT2D eigenvalue weighted by molar-refractivity contribution is 7.89. The van der Waals surface area contributed by atoms with Crippen LogP contribution in [0.15, 0.2) is 35.7 Å². The molecule has 9 nitrogen and oxygen atoms in total. The molecule has 0 bridgehead atoms. The lowest BCUT2D eigenvalue weighted by atomic mass is 9.87. The summed E-state index contributed by atoms with van der Waals surface area (Å²) in [5.41, 5.74) is 1.09. The van der Waals surface area contributed by atoms with Gasteiger partial charge in [-0.25, -0.2) is 28.1 Å². The maximum atomic E-state index is 12.3. The third kappa shape index (κ3) is 4.54. The second kappa shape index (κ2) is 8.97. The fourth-order valence-electron chi connectivity index (χ4n) is 3.82. The molecule has 1 saturated carbocycles. The molecule has 3 N–H and O–H groups in total. The zero-order valence-electron chi connectivity index (χ0n) is 16.9. The fraction of sp³-hybridized carbons (Fsp3) is 0.450. The summed E-state index contributed by atoms with van der Waals surface area (Å²) < 4.78 is 33.0. The maximum absolute atomic E-state index is 12.3. The van der Waals surface area contributed by atoms with E-state index >= 15 is 0 Å². The van der Waals surface area contributed by atoms with Crippen molar-refractivity contribution >= 4 is 21.5 Å². The van der Waals surface area contributed by atoms with Crippen molar-refractivity contribution in [3.8, 4) is 17.3 Å². The van der Waals surface area contributed by atoms with Crippen LogP contribution in [0.25, 0.3) is 11.5 Å². The number of anilines is 2. The molecule has 10 heteroatoms. The number of hydrogen-bond acceptors (Lipinski definition) is 7. The van der Waals surface area contributed by atoms with Gasteiger partial charge in [-0.05, 0) is 37.6 Å². The molecular formula is C20H26N6O3S. The number of sulfonamides is 1. The third-order valence-electron chi connectivity index (χ3n) is 5.51. The lowest BCUT2D eigenvalue weighted by molar-refractivity contribution is 0.247. The monoisotopic (exact) mass is 430 g/mol. The van der Waals surface area contributed by atoms with Crippen LogP contribution in [0, 0.1) is 5.92 Å². The molecule has 0 unspecified atom stereocenters. The Morgan fingerprint density at radius 1 is 1.17 bits per heavy atom. The fourth-order valence-corrected chi connectivity index (χ4v) is 4.57. The van der Waals surface area contributed by atoms with E-state index in [1.165, 1.54) is 51.8 Å². The van der Waals surface area contributed by atoms with Gasteiger partial charge in [0, 0.05) is 0 Å². The normalized spacial score (nSPS) is 15.4. The molecule has 30 heavy (non-hydrogen) atoms. The first-order valence-corrected chi connectivity index (χ1v) is 11.7. The van der Waals surface area contributed by atoms with Crippen molar-refractivity contribution in [3.05, 3.63) is 30.9 Å². The van der Waals surface area contributed by atoms with Gasteiger partial charge in [0.1, 0.15) is 17.9 Å².